The van der Waals surface area contributed by atoms with Crippen molar-refractivity contribution in [1.82, 2.24) is 25.3 Å². The van der Waals surface area contributed by atoms with Crippen LogP contribution in [0.25, 0.3) is 16.6 Å². The standard InChI is InChI=1S/C23H29ClN6O/c1-5-14(2)25-23(31)17-7-6-12-29(13-17)22-21-20(15(3)26-27-22)16(4)30(28-21)19-10-8-18(24)9-11-19/h8-11,14,17H,5-7,12-13H2,1-4H3,(H,25,31). The summed E-state index contributed by atoms with van der Waals surface area (Å²) in [4.78, 5) is 14.9. The Balaban J connectivity index is 1.69. The predicted molar refractivity (Wildman–Crippen MR) is 124 cm³/mol. The fourth-order valence-electron chi connectivity index (χ4n) is 4.20. The average Bonchev–Trinajstić information content (AvgIpc) is 3.12. The van der Waals surface area contributed by atoms with Crippen LogP contribution in [-0.2, 0) is 4.79 Å². The molecule has 4 rings (SSSR count). The Morgan fingerprint density at radius 1 is 1.26 bits per heavy atom. The minimum atomic E-state index is -0.0552. The van der Waals surface area contributed by atoms with Gasteiger partial charge in [-0.25, -0.2) is 4.68 Å². The zero-order valence-corrected chi connectivity index (χ0v) is 19.3. The van der Waals surface area contributed by atoms with E-state index in [1.165, 1.54) is 0 Å². The average molecular weight is 441 g/mol. The molecule has 1 fully saturated rings. The topological polar surface area (TPSA) is 75.9 Å². The number of carbonyl (C=O) groups is 1. The minimum absolute atomic E-state index is 0.0552. The van der Waals surface area contributed by atoms with Crippen LogP contribution in [0.5, 0.6) is 0 Å². The van der Waals surface area contributed by atoms with E-state index < -0.39 is 0 Å². The van der Waals surface area contributed by atoms with E-state index in [0.29, 0.717) is 11.6 Å². The number of carbonyl (C=O) groups excluding carboxylic acids is 1. The molecular weight excluding hydrogens is 412 g/mol. The molecule has 164 valence electrons. The predicted octanol–water partition coefficient (Wildman–Crippen LogP) is 4.22. The van der Waals surface area contributed by atoms with Crippen molar-refractivity contribution < 1.29 is 4.79 Å². The molecule has 1 saturated heterocycles. The molecule has 8 heteroatoms. The number of halogens is 1. The fourth-order valence-corrected chi connectivity index (χ4v) is 4.33. The number of rotatable bonds is 5. The van der Waals surface area contributed by atoms with Gasteiger partial charge in [-0.3, -0.25) is 4.79 Å². The molecule has 0 aliphatic carbocycles. The van der Waals surface area contributed by atoms with Crippen molar-refractivity contribution in [3.63, 3.8) is 0 Å². The molecule has 1 N–H and O–H groups in total. The Morgan fingerprint density at radius 2 is 2.00 bits per heavy atom. The van der Waals surface area contributed by atoms with Gasteiger partial charge in [0, 0.05) is 24.2 Å². The van der Waals surface area contributed by atoms with Crippen molar-refractivity contribution in [3.05, 3.63) is 40.7 Å². The van der Waals surface area contributed by atoms with Crippen LogP contribution in [-0.4, -0.2) is 45.0 Å². The van der Waals surface area contributed by atoms with E-state index in [0.717, 1.165) is 59.6 Å². The summed E-state index contributed by atoms with van der Waals surface area (Å²) in [5, 5.41) is 18.7. The maximum Gasteiger partial charge on any atom is 0.225 e. The maximum atomic E-state index is 12.7. The third-order valence-corrected chi connectivity index (χ3v) is 6.40. The summed E-state index contributed by atoms with van der Waals surface area (Å²) in [6, 6.07) is 7.81. The van der Waals surface area contributed by atoms with Crippen molar-refractivity contribution in [2.45, 2.75) is 53.0 Å². The van der Waals surface area contributed by atoms with Gasteiger partial charge in [0.25, 0.3) is 0 Å². The summed E-state index contributed by atoms with van der Waals surface area (Å²) < 4.78 is 1.91. The normalized spacial score (nSPS) is 17.7. The molecule has 0 saturated carbocycles. The van der Waals surface area contributed by atoms with Crippen molar-refractivity contribution in [3.8, 4) is 5.69 Å². The van der Waals surface area contributed by atoms with Gasteiger partial charge in [-0.1, -0.05) is 18.5 Å². The second-order valence-corrected chi connectivity index (χ2v) is 8.85. The molecule has 1 amide bonds. The molecule has 1 aromatic carbocycles. The van der Waals surface area contributed by atoms with E-state index in [9.17, 15) is 4.79 Å². The molecule has 0 radical (unpaired) electrons. The summed E-state index contributed by atoms with van der Waals surface area (Å²) in [6.07, 6.45) is 2.75. The van der Waals surface area contributed by atoms with Crippen LogP contribution in [0.15, 0.2) is 24.3 Å². The van der Waals surface area contributed by atoms with Crippen molar-refractivity contribution in [2.24, 2.45) is 5.92 Å². The number of anilines is 1. The zero-order valence-electron chi connectivity index (χ0n) is 18.5. The molecule has 2 aromatic heterocycles. The smallest absolute Gasteiger partial charge is 0.225 e. The first-order valence-corrected chi connectivity index (χ1v) is 11.3. The number of hydrogen-bond donors (Lipinski definition) is 1. The van der Waals surface area contributed by atoms with Crippen LogP contribution in [0.1, 0.15) is 44.5 Å². The van der Waals surface area contributed by atoms with Gasteiger partial charge >= 0.3 is 0 Å². The number of nitrogens with zero attached hydrogens (tertiary/aromatic N) is 5. The van der Waals surface area contributed by atoms with E-state index in [2.05, 4.69) is 27.3 Å². The summed E-state index contributed by atoms with van der Waals surface area (Å²) in [6.45, 7) is 9.59. The molecule has 31 heavy (non-hydrogen) atoms. The van der Waals surface area contributed by atoms with Gasteiger partial charge in [-0.15, -0.1) is 5.10 Å². The van der Waals surface area contributed by atoms with Gasteiger partial charge in [0.15, 0.2) is 5.82 Å². The number of hydrogen-bond acceptors (Lipinski definition) is 5. The molecular formula is C23H29ClN6O. The molecule has 7 nitrogen and oxygen atoms in total. The lowest BCUT2D eigenvalue weighted by Gasteiger charge is -2.33. The molecule has 2 unspecified atom stereocenters. The second-order valence-electron chi connectivity index (χ2n) is 8.41. The first-order valence-electron chi connectivity index (χ1n) is 10.9. The van der Waals surface area contributed by atoms with E-state index in [1.54, 1.807) is 0 Å². The first kappa shape index (κ1) is 21.6. The van der Waals surface area contributed by atoms with Crippen molar-refractivity contribution in [1.29, 1.82) is 0 Å². The maximum absolute atomic E-state index is 12.7. The molecule has 3 aromatic rings. The lowest BCUT2D eigenvalue weighted by Crippen LogP contribution is -2.45. The van der Waals surface area contributed by atoms with Crippen LogP contribution in [0, 0.1) is 19.8 Å². The van der Waals surface area contributed by atoms with Crippen LogP contribution in [0.3, 0.4) is 0 Å². The highest BCUT2D eigenvalue weighted by Gasteiger charge is 2.29. The SMILES string of the molecule is CCC(C)NC(=O)C1CCCN(c2nnc(C)c3c(C)n(-c4ccc(Cl)cc4)nc23)C1. The van der Waals surface area contributed by atoms with Gasteiger partial charge in [0.1, 0.15) is 5.52 Å². The Hall–Kier alpha value is -2.67. The van der Waals surface area contributed by atoms with E-state index in [-0.39, 0.29) is 17.9 Å². The summed E-state index contributed by atoms with van der Waals surface area (Å²) in [5.74, 6) is 0.816. The quantitative estimate of drug-likeness (QED) is 0.642. The number of aromatic nitrogens is 4. The monoisotopic (exact) mass is 440 g/mol. The number of piperidine rings is 1. The lowest BCUT2D eigenvalue weighted by molar-refractivity contribution is -0.125. The Morgan fingerprint density at radius 3 is 2.71 bits per heavy atom. The minimum Gasteiger partial charge on any atom is -0.353 e. The Bertz CT molecular complexity index is 1090. The van der Waals surface area contributed by atoms with Crippen LogP contribution in [0.4, 0.5) is 5.82 Å². The Kier molecular flexibility index (Phi) is 6.14. The number of amides is 1. The molecule has 2 atom stereocenters. The number of aryl methyl sites for hydroxylation is 2. The van der Waals surface area contributed by atoms with Gasteiger partial charge in [-0.2, -0.15) is 10.2 Å². The molecule has 1 aliphatic rings. The molecule has 0 bridgehead atoms. The van der Waals surface area contributed by atoms with Gasteiger partial charge in [0.2, 0.25) is 5.91 Å². The molecule has 1 aliphatic heterocycles. The highest BCUT2D eigenvalue weighted by atomic mass is 35.5. The number of nitrogens with one attached hydrogen (secondary N) is 1. The van der Waals surface area contributed by atoms with Gasteiger partial charge < -0.3 is 10.2 Å². The largest absolute Gasteiger partial charge is 0.353 e. The summed E-state index contributed by atoms with van der Waals surface area (Å²) >= 11 is 6.06. The van der Waals surface area contributed by atoms with Crippen LogP contribution < -0.4 is 10.2 Å². The number of benzene rings is 1. The highest BCUT2D eigenvalue weighted by molar-refractivity contribution is 6.30. The van der Waals surface area contributed by atoms with Gasteiger partial charge in [-0.05, 0) is 64.3 Å². The van der Waals surface area contributed by atoms with E-state index in [1.807, 2.05) is 49.7 Å². The first-order chi connectivity index (χ1) is 14.9. The lowest BCUT2D eigenvalue weighted by atomic mass is 9.96. The van der Waals surface area contributed by atoms with Gasteiger partial charge in [0.05, 0.1) is 28.4 Å². The van der Waals surface area contributed by atoms with Crippen LogP contribution in [0.2, 0.25) is 5.02 Å². The fraction of sp³-hybridized carbons (Fsp3) is 0.478. The summed E-state index contributed by atoms with van der Waals surface area (Å²) in [5.41, 5.74) is 3.62. The Labute approximate surface area is 187 Å². The molecule has 0 spiro atoms. The molecule has 3 heterocycles. The second kappa shape index (κ2) is 8.83. The highest BCUT2D eigenvalue weighted by Crippen LogP contribution is 2.31. The third kappa shape index (κ3) is 4.24. The van der Waals surface area contributed by atoms with Crippen molar-refractivity contribution in [2.75, 3.05) is 18.0 Å². The van der Waals surface area contributed by atoms with Crippen molar-refractivity contribution >= 4 is 34.2 Å². The van der Waals surface area contributed by atoms with E-state index >= 15 is 0 Å². The number of fused-ring (bicyclic) bond motifs is 1. The zero-order chi connectivity index (χ0) is 22.1. The third-order valence-electron chi connectivity index (χ3n) is 6.15. The van der Waals surface area contributed by atoms with E-state index in [4.69, 9.17) is 16.7 Å². The van der Waals surface area contributed by atoms with Crippen LogP contribution >= 0.6 is 11.6 Å². The summed E-state index contributed by atoms with van der Waals surface area (Å²) in [7, 11) is 0.